The second-order valence-electron chi connectivity index (χ2n) is 4.11. The van der Waals surface area contributed by atoms with Crippen molar-refractivity contribution in [3.63, 3.8) is 0 Å². The number of carbonyl (C=O) groups excluding carboxylic acids is 1. The van der Waals surface area contributed by atoms with Crippen molar-refractivity contribution in [2.45, 2.75) is 13.5 Å². The molecule has 0 aliphatic heterocycles. The molecular weight excluding hydrogens is 230 g/mol. The fourth-order valence-electron chi connectivity index (χ4n) is 1.77. The second kappa shape index (κ2) is 4.91. The number of nitrogen functional groups attached to an aromatic ring is 1. The van der Waals surface area contributed by atoms with E-state index >= 15 is 0 Å². The number of anilines is 1. The van der Waals surface area contributed by atoms with Crippen LogP contribution in [-0.2, 0) is 11.3 Å². The number of carbonyl (C=O) groups is 1. The van der Waals surface area contributed by atoms with Crippen LogP contribution in [0.5, 0.6) is 0 Å². The predicted molar refractivity (Wildman–Crippen MR) is 68.3 cm³/mol. The molecule has 0 atom stereocenters. The van der Waals surface area contributed by atoms with Gasteiger partial charge in [-0.3, -0.25) is 4.68 Å². The topological polar surface area (TPSA) is 70.1 Å². The Morgan fingerprint density at radius 2 is 2.28 bits per heavy atom. The van der Waals surface area contributed by atoms with Gasteiger partial charge in [-0.1, -0.05) is 29.8 Å². The Kier molecular flexibility index (Phi) is 3.32. The van der Waals surface area contributed by atoms with Crippen LogP contribution in [0.3, 0.4) is 0 Å². The Labute approximate surface area is 105 Å². The van der Waals surface area contributed by atoms with Gasteiger partial charge in [0.2, 0.25) is 0 Å². The Hall–Kier alpha value is -2.30. The molecule has 0 aliphatic rings. The summed E-state index contributed by atoms with van der Waals surface area (Å²) in [7, 11) is 1.31. The minimum absolute atomic E-state index is 0.158. The number of esters is 1. The summed E-state index contributed by atoms with van der Waals surface area (Å²) in [5.41, 5.74) is 8.49. The van der Waals surface area contributed by atoms with E-state index < -0.39 is 5.97 Å². The van der Waals surface area contributed by atoms with Gasteiger partial charge in [-0.25, -0.2) is 4.79 Å². The van der Waals surface area contributed by atoms with E-state index in [1.807, 2.05) is 25.1 Å². The fourth-order valence-corrected chi connectivity index (χ4v) is 1.77. The highest BCUT2D eigenvalue weighted by atomic mass is 16.5. The summed E-state index contributed by atoms with van der Waals surface area (Å²) < 4.78 is 6.24. The molecule has 0 aliphatic carbocycles. The van der Waals surface area contributed by atoms with Crippen molar-refractivity contribution in [1.29, 1.82) is 0 Å². The molecular formula is C13H15N3O2. The van der Waals surface area contributed by atoms with Crippen LogP contribution in [0.25, 0.3) is 0 Å². The van der Waals surface area contributed by atoms with Crippen LogP contribution in [0.2, 0.25) is 0 Å². The van der Waals surface area contributed by atoms with E-state index in [-0.39, 0.29) is 5.69 Å². The largest absolute Gasteiger partial charge is 0.464 e. The molecule has 2 N–H and O–H groups in total. The van der Waals surface area contributed by atoms with Gasteiger partial charge in [-0.05, 0) is 12.5 Å². The molecule has 5 nitrogen and oxygen atoms in total. The molecule has 0 amide bonds. The van der Waals surface area contributed by atoms with E-state index in [4.69, 9.17) is 5.73 Å². The molecule has 18 heavy (non-hydrogen) atoms. The lowest BCUT2D eigenvalue weighted by Crippen LogP contribution is -2.07. The van der Waals surface area contributed by atoms with Gasteiger partial charge in [0.25, 0.3) is 0 Å². The Morgan fingerprint density at radius 3 is 2.94 bits per heavy atom. The molecule has 0 fully saturated rings. The highest BCUT2D eigenvalue weighted by molar-refractivity contribution is 5.92. The Morgan fingerprint density at radius 1 is 1.50 bits per heavy atom. The van der Waals surface area contributed by atoms with Crippen molar-refractivity contribution < 1.29 is 9.53 Å². The summed E-state index contributed by atoms with van der Waals surface area (Å²) in [4.78, 5) is 11.4. The van der Waals surface area contributed by atoms with Gasteiger partial charge in [0.15, 0.2) is 5.69 Å². The maximum Gasteiger partial charge on any atom is 0.360 e. The number of benzene rings is 1. The SMILES string of the molecule is COC(=O)c1nn(Cc2cccc(C)c2)cc1N. The molecule has 0 unspecified atom stereocenters. The standard InChI is InChI=1S/C13H15N3O2/c1-9-4-3-5-10(6-9)7-16-8-11(14)12(15-16)13(17)18-2/h3-6,8H,7,14H2,1-2H3. The van der Waals surface area contributed by atoms with Crippen LogP contribution < -0.4 is 5.73 Å². The average Bonchev–Trinajstić information content (AvgIpc) is 2.69. The summed E-state index contributed by atoms with van der Waals surface area (Å²) in [6, 6.07) is 8.08. The minimum Gasteiger partial charge on any atom is -0.464 e. The maximum atomic E-state index is 11.4. The molecule has 94 valence electrons. The van der Waals surface area contributed by atoms with Gasteiger partial charge in [-0.2, -0.15) is 5.10 Å². The minimum atomic E-state index is -0.518. The van der Waals surface area contributed by atoms with E-state index in [0.717, 1.165) is 5.56 Å². The third-order valence-corrected chi connectivity index (χ3v) is 2.60. The summed E-state index contributed by atoms with van der Waals surface area (Å²) in [5, 5.41) is 4.12. The molecule has 0 bridgehead atoms. The van der Waals surface area contributed by atoms with Gasteiger partial charge in [0.05, 0.1) is 19.3 Å². The predicted octanol–water partition coefficient (Wildman–Crippen LogP) is 1.61. The quantitative estimate of drug-likeness (QED) is 0.834. The van der Waals surface area contributed by atoms with Gasteiger partial charge in [0, 0.05) is 6.20 Å². The van der Waals surface area contributed by atoms with Crippen molar-refractivity contribution >= 4 is 11.7 Å². The van der Waals surface area contributed by atoms with E-state index in [0.29, 0.717) is 12.2 Å². The third-order valence-electron chi connectivity index (χ3n) is 2.60. The third kappa shape index (κ3) is 2.51. The smallest absolute Gasteiger partial charge is 0.360 e. The molecule has 1 aromatic carbocycles. The summed E-state index contributed by atoms with van der Waals surface area (Å²) >= 11 is 0. The lowest BCUT2D eigenvalue weighted by Gasteiger charge is -2.02. The highest BCUT2D eigenvalue weighted by Gasteiger charge is 2.15. The van der Waals surface area contributed by atoms with Crippen LogP contribution in [0.15, 0.2) is 30.5 Å². The van der Waals surface area contributed by atoms with Crippen LogP contribution >= 0.6 is 0 Å². The zero-order chi connectivity index (χ0) is 13.1. The molecule has 0 saturated heterocycles. The zero-order valence-electron chi connectivity index (χ0n) is 10.4. The molecule has 0 saturated carbocycles. The molecule has 0 radical (unpaired) electrons. The van der Waals surface area contributed by atoms with Gasteiger partial charge < -0.3 is 10.5 Å². The number of aromatic nitrogens is 2. The van der Waals surface area contributed by atoms with Gasteiger partial charge in [-0.15, -0.1) is 0 Å². The lowest BCUT2D eigenvalue weighted by molar-refractivity contribution is 0.0594. The highest BCUT2D eigenvalue weighted by Crippen LogP contribution is 2.12. The molecule has 2 aromatic rings. The Bertz CT molecular complexity index is 575. The van der Waals surface area contributed by atoms with Crippen molar-refractivity contribution in [1.82, 2.24) is 9.78 Å². The number of hydrogen-bond donors (Lipinski definition) is 1. The number of nitrogens with two attached hydrogens (primary N) is 1. The average molecular weight is 245 g/mol. The molecule has 1 aromatic heterocycles. The van der Waals surface area contributed by atoms with Crippen molar-refractivity contribution in [2.75, 3.05) is 12.8 Å². The van der Waals surface area contributed by atoms with Crippen molar-refractivity contribution in [3.8, 4) is 0 Å². The first-order valence-corrected chi connectivity index (χ1v) is 5.57. The van der Waals surface area contributed by atoms with Crippen molar-refractivity contribution in [2.24, 2.45) is 0 Å². The molecule has 5 heteroatoms. The lowest BCUT2D eigenvalue weighted by atomic mass is 10.1. The van der Waals surface area contributed by atoms with Crippen LogP contribution in [0.4, 0.5) is 5.69 Å². The number of nitrogens with zero attached hydrogens (tertiary/aromatic N) is 2. The number of hydrogen-bond acceptors (Lipinski definition) is 4. The molecule has 0 spiro atoms. The zero-order valence-corrected chi connectivity index (χ0v) is 10.4. The number of aryl methyl sites for hydroxylation is 1. The fraction of sp³-hybridized carbons (Fsp3) is 0.231. The van der Waals surface area contributed by atoms with E-state index in [1.54, 1.807) is 10.9 Å². The first kappa shape index (κ1) is 12.2. The number of ether oxygens (including phenoxy) is 1. The second-order valence-corrected chi connectivity index (χ2v) is 4.11. The molecule has 2 rings (SSSR count). The normalized spacial score (nSPS) is 10.3. The van der Waals surface area contributed by atoms with Crippen LogP contribution in [0.1, 0.15) is 21.6 Å². The van der Waals surface area contributed by atoms with Gasteiger partial charge >= 0.3 is 5.97 Å². The van der Waals surface area contributed by atoms with Gasteiger partial charge in [0.1, 0.15) is 0 Å². The summed E-state index contributed by atoms with van der Waals surface area (Å²) in [5.74, 6) is -0.518. The first-order chi connectivity index (χ1) is 8.60. The van der Waals surface area contributed by atoms with Crippen LogP contribution in [-0.4, -0.2) is 22.9 Å². The summed E-state index contributed by atoms with van der Waals surface area (Å²) in [6.45, 7) is 2.60. The summed E-state index contributed by atoms with van der Waals surface area (Å²) in [6.07, 6.45) is 1.63. The Balaban J connectivity index is 2.23. The van der Waals surface area contributed by atoms with E-state index in [9.17, 15) is 4.79 Å². The molecule has 1 heterocycles. The maximum absolute atomic E-state index is 11.4. The van der Waals surface area contributed by atoms with Crippen molar-refractivity contribution in [3.05, 3.63) is 47.3 Å². The van der Waals surface area contributed by atoms with E-state index in [1.165, 1.54) is 12.7 Å². The van der Waals surface area contributed by atoms with E-state index in [2.05, 4.69) is 15.9 Å². The van der Waals surface area contributed by atoms with Crippen LogP contribution in [0, 0.1) is 6.92 Å². The number of rotatable bonds is 3. The number of methoxy groups -OCH3 is 1. The monoisotopic (exact) mass is 245 g/mol. The first-order valence-electron chi connectivity index (χ1n) is 5.57.